The van der Waals surface area contributed by atoms with Gasteiger partial charge in [0.15, 0.2) is 0 Å². The molecule has 50 heavy (non-hydrogen) atoms. The molecule has 10 rings (SSSR count). The van der Waals surface area contributed by atoms with Gasteiger partial charge >= 0.3 is 0 Å². The second kappa shape index (κ2) is 10.9. The minimum absolute atomic E-state index is 0.249. The van der Waals surface area contributed by atoms with Crippen LogP contribution in [0, 0.1) is 11.8 Å². The van der Waals surface area contributed by atoms with Crippen molar-refractivity contribution in [3.8, 4) is 5.69 Å². The molecule has 3 heteroatoms. The van der Waals surface area contributed by atoms with Crippen LogP contribution in [0.25, 0.3) is 62.3 Å². The summed E-state index contributed by atoms with van der Waals surface area (Å²) in [6.45, 7) is 9.47. The zero-order valence-electron chi connectivity index (χ0n) is 29.3. The highest BCUT2D eigenvalue weighted by Crippen LogP contribution is 2.46. The Labute approximate surface area is 293 Å². The lowest BCUT2D eigenvalue weighted by Gasteiger charge is -2.35. The molecule has 0 saturated heterocycles. The molecule has 0 fully saturated rings. The summed E-state index contributed by atoms with van der Waals surface area (Å²) in [4.78, 5) is 0. The van der Waals surface area contributed by atoms with Crippen LogP contribution < -0.4 is 0 Å². The van der Waals surface area contributed by atoms with Gasteiger partial charge in [-0.3, -0.25) is 0 Å². The molecule has 3 atom stereocenters. The maximum Gasteiger partial charge on any atom is 0.135 e. The normalized spacial score (nSPS) is 21.3. The van der Waals surface area contributed by atoms with Crippen molar-refractivity contribution in [1.82, 2.24) is 9.13 Å². The lowest BCUT2D eigenvalue weighted by molar-refractivity contribution is 0.397. The molecule has 3 aromatic heterocycles. The fraction of sp³-hybridized carbons (Fsp3) is 0.234. The van der Waals surface area contributed by atoms with Gasteiger partial charge in [0.25, 0.3) is 0 Å². The molecule has 0 aliphatic heterocycles. The van der Waals surface area contributed by atoms with Gasteiger partial charge in [-0.1, -0.05) is 105 Å². The van der Waals surface area contributed by atoms with Crippen molar-refractivity contribution >= 4 is 56.6 Å². The Morgan fingerprint density at radius 3 is 2.24 bits per heavy atom. The smallest absolute Gasteiger partial charge is 0.135 e. The van der Waals surface area contributed by atoms with E-state index in [4.69, 9.17) is 4.42 Å². The first kappa shape index (κ1) is 29.6. The second-order valence-corrected chi connectivity index (χ2v) is 15.2. The molecule has 4 aromatic carbocycles. The Hall–Kier alpha value is -5.28. The van der Waals surface area contributed by atoms with E-state index in [0.717, 1.165) is 37.0 Å². The molecule has 0 amide bonds. The van der Waals surface area contributed by atoms with Crippen LogP contribution in [0.1, 0.15) is 73.5 Å². The van der Waals surface area contributed by atoms with Crippen molar-refractivity contribution in [3.05, 3.63) is 148 Å². The molecule has 0 N–H and O–H groups in total. The first-order valence-corrected chi connectivity index (χ1v) is 18.4. The summed E-state index contributed by atoms with van der Waals surface area (Å²) in [6.07, 6.45) is 13.6. The number of rotatable bonds is 4. The number of furan rings is 1. The summed E-state index contributed by atoms with van der Waals surface area (Å²) in [5.41, 5.74) is 15.7. The molecular formula is C47H42N2O. The zero-order chi connectivity index (χ0) is 33.7. The summed E-state index contributed by atoms with van der Waals surface area (Å²) in [5.74, 6) is 1.95. The van der Waals surface area contributed by atoms with Crippen molar-refractivity contribution in [2.45, 2.75) is 58.9 Å². The Kier molecular flexibility index (Phi) is 6.43. The SMILES string of the molecule is CCC1=Cc2c(n(-c3ccc4oc5c(c4c3)CC(C)(n3c4c(c6ccccc63)C=C(c3ccccc3)C(C)C4)C=C5)c3ccccc23)CC1C. The summed E-state index contributed by atoms with van der Waals surface area (Å²) in [7, 11) is 0. The van der Waals surface area contributed by atoms with Crippen molar-refractivity contribution in [2.75, 3.05) is 0 Å². The van der Waals surface area contributed by atoms with Crippen LogP contribution in [0.2, 0.25) is 0 Å². The van der Waals surface area contributed by atoms with Gasteiger partial charge in [-0.05, 0) is 91.6 Å². The third-order valence-electron chi connectivity index (χ3n) is 12.0. The number of hydrogen-bond acceptors (Lipinski definition) is 1. The maximum atomic E-state index is 6.58. The van der Waals surface area contributed by atoms with Gasteiger partial charge in [0.05, 0.1) is 11.1 Å². The Morgan fingerprint density at radius 2 is 1.44 bits per heavy atom. The number of aromatic nitrogens is 2. The number of nitrogens with zero attached hydrogens (tertiary/aromatic N) is 2. The van der Waals surface area contributed by atoms with Crippen molar-refractivity contribution < 1.29 is 4.42 Å². The van der Waals surface area contributed by atoms with E-state index in [9.17, 15) is 0 Å². The monoisotopic (exact) mass is 650 g/mol. The van der Waals surface area contributed by atoms with Gasteiger partial charge in [-0.15, -0.1) is 0 Å². The fourth-order valence-electron chi connectivity index (χ4n) is 9.57. The molecular weight excluding hydrogens is 609 g/mol. The van der Waals surface area contributed by atoms with Crippen LogP contribution in [0.3, 0.4) is 0 Å². The maximum absolute atomic E-state index is 6.58. The lowest BCUT2D eigenvalue weighted by Crippen LogP contribution is -2.34. The average Bonchev–Trinajstić information content (AvgIpc) is 3.77. The standard InChI is InChI=1S/C47H42N2O/c1-5-31-25-37-34-15-9-11-17-41(34)48(43(37)23-29(31)2)33-19-20-45-39(26-33)40-28-47(4,22-21-46(40)50-45)49-42-18-12-10-16-35(42)38-27-36(30(3)24-44(38)49)32-13-7-6-8-14-32/h6-22,25-27,29-30H,5,23-24,28H2,1-4H3. The topological polar surface area (TPSA) is 23.0 Å². The number of benzene rings is 4. The quantitative estimate of drug-likeness (QED) is 0.186. The summed E-state index contributed by atoms with van der Waals surface area (Å²) in [5, 5.41) is 3.90. The van der Waals surface area contributed by atoms with Gasteiger partial charge in [0, 0.05) is 61.9 Å². The van der Waals surface area contributed by atoms with Crippen LogP contribution in [-0.2, 0) is 24.8 Å². The summed E-state index contributed by atoms with van der Waals surface area (Å²) >= 11 is 0. The van der Waals surface area contributed by atoms with Crippen molar-refractivity contribution in [1.29, 1.82) is 0 Å². The molecule has 0 spiro atoms. The molecule has 3 aliphatic carbocycles. The van der Waals surface area contributed by atoms with E-state index in [-0.39, 0.29) is 5.54 Å². The fourth-order valence-corrected chi connectivity index (χ4v) is 9.57. The average molecular weight is 651 g/mol. The number of hydrogen-bond donors (Lipinski definition) is 0. The highest BCUT2D eigenvalue weighted by molar-refractivity contribution is 5.99. The highest BCUT2D eigenvalue weighted by atomic mass is 16.3. The predicted octanol–water partition coefficient (Wildman–Crippen LogP) is 12.0. The van der Waals surface area contributed by atoms with E-state index >= 15 is 0 Å². The van der Waals surface area contributed by atoms with Crippen molar-refractivity contribution in [2.24, 2.45) is 11.8 Å². The predicted molar refractivity (Wildman–Crippen MR) is 210 cm³/mol. The second-order valence-electron chi connectivity index (χ2n) is 15.2. The Bertz CT molecular complexity index is 2600. The molecule has 246 valence electrons. The van der Waals surface area contributed by atoms with Gasteiger partial charge in [0.2, 0.25) is 0 Å². The van der Waals surface area contributed by atoms with Crippen LogP contribution in [-0.4, -0.2) is 9.13 Å². The van der Waals surface area contributed by atoms with Gasteiger partial charge < -0.3 is 13.6 Å². The van der Waals surface area contributed by atoms with E-state index in [0.29, 0.717) is 11.8 Å². The van der Waals surface area contributed by atoms with Gasteiger partial charge in [-0.2, -0.15) is 0 Å². The van der Waals surface area contributed by atoms with E-state index in [1.807, 2.05) is 0 Å². The molecule has 3 heterocycles. The molecule has 0 bridgehead atoms. The minimum Gasteiger partial charge on any atom is -0.456 e. The van der Waals surface area contributed by atoms with E-state index in [1.54, 1.807) is 5.57 Å². The zero-order valence-corrected chi connectivity index (χ0v) is 29.3. The minimum atomic E-state index is -0.249. The first-order valence-electron chi connectivity index (χ1n) is 18.4. The molecule has 0 saturated carbocycles. The summed E-state index contributed by atoms with van der Waals surface area (Å²) in [6, 6.07) is 35.7. The van der Waals surface area contributed by atoms with E-state index < -0.39 is 0 Å². The summed E-state index contributed by atoms with van der Waals surface area (Å²) < 4.78 is 11.8. The van der Waals surface area contributed by atoms with Crippen LogP contribution in [0.15, 0.2) is 113 Å². The van der Waals surface area contributed by atoms with Crippen LogP contribution in [0.5, 0.6) is 0 Å². The molecule has 3 unspecified atom stereocenters. The number of allylic oxidation sites excluding steroid dienone is 3. The molecule has 7 aromatic rings. The van der Waals surface area contributed by atoms with Crippen molar-refractivity contribution in [3.63, 3.8) is 0 Å². The first-order chi connectivity index (χ1) is 24.4. The largest absolute Gasteiger partial charge is 0.456 e. The van der Waals surface area contributed by atoms with E-state index in [1.165, 1.54) is 72.1 Å². The number of para-hydroxylation sites is 2. The highest BCUT2D eigenvalue weighted by Gasteiger charge is 2.37. The Balaban J connectivity index is 1.12. The molecule has 0 radical (unpaired) electrons. The number of fused-ring (bicyclic) bond motifs is 9. The van der Waals surface area contributed by atoms with Crippen LogP contribution >= 0.6 is 0 Å². The lowest BCUT2D eigenvalue weighted by atomic mass is 9.82. The third kappa shape index (κ3) is 4.22. The molecule has 3 aliphatic rings. The third-order valence-corrected chi connectivity index (χ3v) is 12.0. The van der Waals surface area contributed by atoms with Gasteiger partial charge in [-0.25, -0.2) is 0 Å². The Morgan fingerprint density at radius 1 is 0.740 bits per heavy atom. The van der Waals surface area contributed by atoms with Crippen LogP contribution in [0.4, 0.5) is 0 Å². The van der Waals surface area contributed by atoms with Gasteiger partial charge in [0.1, 0.15) is 11.3 Å². The molecule has 3 nitrogen and oxygen atoms in total. The van der Waals surface area contributed by atoms with E-state index in [2.05, 4.69) is 158 Å².